The van der Waals surface area contributed by atoms with Crippen molar-refractivity contribution in [1.82, 2.24) is 0 Å². The van der Waals surface area contributed by atoms with Gasteiger partial charge in [0.1, 0.15) is 11.5 Å². The van der Waals surface area contributed by atoms with Crippen molar-refractivity contribution in [1.29, 1.82) is 0 Å². The Morgan fingerprint density at radius 1 is 0.968 bits per heavy atom. The second kappa shape index (κ2) is 9.72. The normalized spacial score (nSPS) is 10.9. The number of ether oxygens (including phenoxy) is 2. The van der Waals surface area contributed by atoms with E-state index in [-0.39, 0.29) is 10.5 Å². The Kier molecular flexibility index (Phi) is 7.04. The van der Waals surface area contributed by atoms with Crippen LogP contribution in [0.15, 0.2) is 71.6 Å². The minimum Gasteiger partial charge on any atom is -0.496 e. The summed E-state index contributed by atoms with van der Waals surface area (Å²) in [6.45, 7) is 2.40. The largest absolute Gasteiger partial charge is 0.496 e. The smallest absolute Gasteiger partial charge is 0.261 e. The predicted octanol–water partition coefficient (Wildman–Crippen LogP) is 4.80. The Morgan fingerprint density at radius 2 is 1.61 bits per heavy atom. The van der Waals surface area contributed by atoms with Gasteiger partial charge in [0.25, 0.3) is 15.9 Å². The fourth-order valence-corrected chi connectivity index (χ4v) is 4.00. The number of amides is 1. The minimum atomic E-state index is -3.79. The van der Waals surface area contributed by atoms with Gasteiger partial charge in [0.05, 0.1) is 24.2 Å². The first-order valence-electron chi connectivity index (χ1n) is 9.33. The summed E-state index contributed by atoms with van der Waals surface area (Å²) in [5, 5.41) is 3.10. The third-order valence-electron chi connectivity index (χ3n) is 4.25. The summed E-state index contributed by atoms with van der Waals surface area (Å²) in [5.41, 5.74) is 1.10. The highest BCUT2D eigenvalue weighted by Crippen LogP contribution is 2.25. The maximum absolute atomic E-state index is 12.6. The molecule has 9 heteroatoms. The first-order valence-corrected chi connectivity index (χ1v) is 11.2. The first kappa shape index (κ1) is 22.5. The van der Waals surface area contributed by atoms with Crippen LogP contribution in [0.25, 0.3) is 0 Å². The monoisotopic (exact) mass is 460 g/mol. The van der Waals surface area contributed by atoms with E-state index >= 15 is 0 Å². The predicted molar refractivity (Wildman–Crippen MR) is 121 cm³/mol. The van der Waals surface area contributed by atoms with Crippen molar-refractivity contribution in [2.45, 2.75) is 11.8 Å². The van der Waals surface area contributed by atoms with Crippen LogP contribution < -0.4 is 19.5 Å². The van der Waals surface area contributed by atoms with Gasteiger partial charge in [-0.25, -0.2) is 8.42 Å². The summed E-state index contributed by atoms with van der Waals surface area (Å²) in [6.07, 6.45) is 0. The highest BCUT2D eigenvalue weighted by Gasteiger charge is 2.16. The maximum atomic E-state index is 12.6. The molecule has 0 aliphatic carbocycles. The molecule has 0 saturated heterocycles. The summed E-state index contributed by atoms with van der Waals surface area (Å²) in [6, 6.07) is 17.1. The molecule has 3 aromatic rings. The lowest BCUT2D eigenvalue weighted by Crippen LogP contribution is -2.14. The number of halogens is 1. The number of carbonyl (C=O) groups is 1. The molecule has 0 spiro atoms. The summed E-state index contributed by atoms with van der Waals surface area (Å²) in [4.78, 5) is 12.6. The number of sulfonamides is 1. The van der Waals surface area contributed by atoms with E-state index in [1.807, 2.05) is 6.92 Å². The quantitative estimate of drug-likeness (QED) is 0.503. The zero-order valence-electron chi connectivity index (χ0n) is 16.9. The van der Waals surface area contributed by atoms with Crippen molar-refractivity contribution in [3.05, 3.63) is 77.3 Å². The lowest BCUT2D eigenvalue weighted by molar-refractivity contribution is 0.102. The number of benzene rings is 3. The van der Waals surface area contributed by atoms with Gasteiger partial charge in [0.15, 0.2) is 0 Å². The van der Waals surface area contributed by atoms with Gasteiger partial charge < -0.3 is 14.8 Å². The third-order valence-corrected chi connectivity index (χ3v) is 5.88. The molecular weight excluding hydrogens is 440 g/mol. The summed E-state index contributed by atoms with van der Waals surface area (Å²) in [5.74, 6) is 0.602. The molecule has 0 unspecified atom stereocenters. The number of rotatable bonds is 8. The summed E-state index contributed by atoms with van der Waals surface area (Å²) < 4.78 is 38.3. The van der Waals surface area contributed by atoms with Gasteiger partial charge >= 0.3 is 0 Å². The van der Waals surface area contributed by atoms with E-state index in [0.717, 1.165) is 0 Å². The average Bonchev–Trinajstić information content (AvgIpc) is 2.75. The van der Waals surface area contributed by atoms with E-state index in [1.54, 1.807) is 36.4 Å². The fourth-order valence-electron chi connectivity index (χ4n) is 2.77. The van der Waals surface area contributed by atoms with Crippen molar-refractivity contribution in [3.8, 4) is 11.5 Å². The van der Waals surface area contributed by atoms with Crippen LogP contribution in [0.3, 0.4) is 0 Å². The van der Waals surface area contributed by atoms with Crippen LogP contribution in [-0.4, -0.2) is 28.0 Å². The Hall–Kier alpha value is -3.23. The van der Waals surface area contributed by atoms with Crippen LogP contribution in [0.1, 0.15) is 17.3 Å². The highest BCUT2D eigenvalue weighted by atomic mass is 35.5. The van der Waals surface area contributed by atoms with Gasteiger partial charge in [-0.2, -0.15) is 0 Å². The van der Waals surface area contributed by atoms with E-state index in [2.05, 4.69) is 10.0 Å². The van der Waals surface area contributed by atoms with Gasteiger partial charge in [-0.3, -0.25) is 9.52 Å². The van der Waals surface area contributed by atoms with Crippen LogP contribution in [0.5, 0.6) is 11.5 Å². The van der Waals surface area contributed by atoms with Gasteiger partial charge in [0, 0.05) is 16.4 Å². The van der Waals surface area contributed by atoms with Crippen molar-refractivity contribution < 1.29 is 22.7 Å². The van der Waals surface area contributed by atoms with E-state index < -0.39 is 15.9 Å². The molecule has 0 bridgehead atoms. The Labute approximate surface area is 186 Å². The molecule has 0 fully saturated rings. The lowest BCUT2D eigenvalue weighted by Gasteiger charge is -2.11. The Bertz CT molecular complexity index is 1160. The van der Waals surface area contributed by atoms with Crippen LogP contribution in [0.4, 0.5) is 11.4 Å². The number of methoxy groups -OCH3 is 1. The Balaban J connectivity index is 1.71. The maximum Gasteiger partial charge on any atom is 0.261 e. The van der Waals surface area contributed by atoms with Gasteiger partial charge in [-0.05, 0) is 73.7 Å². The molecule has 0 heterocycles. The number of nitrogens with one attached hydrogen (secondary N) is 2. The molecule has 31 heavy (non-hydrogen) atoms. The van der Waals surface area contributed by atoms with Gasteiger partial charge in [-0.15, -0.1) is 0 Å². The van der Waals surface area contributed by atoms with Crippen LogP contribution in [0, 0.1) is 0 Å². The first-order chi connectivity index (χ1) is 14.8. The van der Waals surface area contributed by atoms with Crippen LogP contribution in [-0.2, 0) is 10.0 Å². The molecule has 0 saturated carbocycles. The zero-order valence-corrected chi connectivity index (χ0v) is 18.5. The molecule has 0 atom stereocenters. The molecule has 3 aromatic carbocycles. The molecule has 162 valence electrons. The van der Waals surface area contributed by atoms with Crippen molar-refractivity contribution in [2.24, 2.45) is 0 Å². The second-order valence-electron chi connectivity index (χ2n) is 6.39. The molecular formula is C22H21ClN2O5S. The number of hydrogen-bond donors (Lipinski definition) is 2. The standard InChI is InChI=1S/C22H21ClN2O5S/c1-3-30-18-9-5-17(6-10-18)25-31(27,28)19-11-7-16(8-12-19)24-22(26)20-14-15(23)4-13-21(20)29-2/h4-14,25H,3H2,1-2H3,(H,24,26). The molecule has 1 amide bonds. The molecule has 7 nitrogen and oxygen atoms in total. The molecule has 0 radical (unpaired) electrons. The zero-order chi connectivity index (χ0) is 22.4. The van der Waals surface area contributed by atoms with Crippen molar-refractivity contribution in [2.75, 3.05) is 23.8 Å². The summed E-state index contributed by atoms with van der Waals surface area (Å²) >= 11 is 5.97. The Morgan fingerprint density at radius 3 is 2.23 bits per heavy atom. The number of anilines is 2. The topological polar surface area (TPSA) is 93.7 Å². The van der Waals surface area contributed by atoms with E-state index in [0.29, 0.717) is 34.5 Å². The van der Waals surface area contributed by atoms with E-state index in [9.17, 15) is 13.2 Å². The van der Waals surface area contributed by atoms with E-state index in [1.165, 1.54) is 37.4 Å². The van der Waals surface area contributed by atoms with Gasteiger partial charge in [0.2, 0.25) is 0 Å². The minimum absolute atomic E-state index is 0.0553. The average molecular weight is 461 g/mol. The lowest BCUT2D eigenvalue weighted by atomic mass is 10.2. The molecule has 0 aliphatic rings. The summed E-state index contributed by atoms with van der Waals surface area (Å²) in [7, 11) is -2.34. The molecule has 2 N–H and O–H groups in total. The molecule has 0 aromatic heterocycles. The van der Waals surface area contributed by atoms with E-state index in [4.69, 9.17) is 21.1 Å². The molecule has 0 aliphatic heterocycles. The van der Waals surface area contributed by atoms with Crippen LogP contribution in [0.2, 0.25) is 5.02 Å². The second-order valence-corrected chi connectivity index (χ2v) is 8.50. The number of carbonyl (C=O) groups excluding carboxylic acids is 1. The van der Waals surface area contributed by atoms with Crippen LogP contribution >= 0.6 is 11.6 Å². The third kappa shape index (κ3) is 5.68. The highest BCUT2D eigenvalue weighted by molar-refractivity contribution is 7.92. The SMILES string of the molecule is CCOc1ccc(NS(=O)(=O)c2ccc(NC(=O)c3cc(Cl)ccc3OC)cc2)cc1. The van der Waals surface area contributed by atoms with Crippen molar-refractivity contribution in [3.63, 3.8) is 0 Å². The van der Waals surface area contributed by atoms with Gasteiger partial charge in [-0.1, -0.05) is 11.6 Å². The molecule has 3 rings (SSSR count). The number of hydrogen-bond acceptors (Lipinski definition) is 5. The fraction of sp³-hybridized carbons (Fsp3) is 0.136. The van der Waals surface area contributed by atoms with Crippen molar-refractivity contribution >= 4 is 38.9 Å².